The zero-order valence-electron chi connectivity index (χ0n) is 9.33. The van der Waals surface area contributed by atoms with Gasteiger partial charge in [-0.15, -0.1) is 0 Å². The van der Waals surface area contributed by atoms with Crippen molar-refractivity contribution in [1.82, 2.24) is 0 Å². The number of hydrogen-bond acceptors (Lipinski definition) is 1. The van der Waals surface area contributed by atoms with Crippen LogP contribution in [0.1, 0.15) is 52.4 Å². The average molecular weight is 198 g/mol. The maximum Gasteiger partial charge on any atom is 0.306 e. The highest BCUT2D eigenvalue weighted by molar-refractivity contribution is 5.73. The van der Waals surface area contributed by atoms with Gasteiger partial charge in [-0.3, -0.25) is 4.79 Å². The first-order chi connectivity index (χ1) is 6.66. The predicted molar refractivity (Wildman–Crippen MR) is 57.2 cm³/mol. The minimum Gasteiger partial charge on any atom is -0.481 e. The summed E-state index contributed by atoms with van der Waals surface area (Å²) >= 11 is 0. The Hall–Kier alpha value is -0.530. The van der Waals surface area contributed by atoms with Gasteiger partial charge in [0.25, 0.3) is 0 Å². The maximum atomic E-state index is 10.7. The fourth-order valence-electron chi connectivity index (χ4n) is 2.23. The molecule has 0 radical (unpaired) electrons. The van der Waals surface area contributed by atoms with E-state index >= 15 is 0 Å². The second-order valence-electron chi connectivity index (χ2n) is 4.67. The predicted octanol–water partition coefficient (Wildman–Crippen LogP) is 3.31. The van der Waals surface area contributed by atoms with E-state index < -0.39 is 5.97 Å². The summed E-state index contributed by atoms with van der Waals surface area (Å²) in [6.07, 6.45) is 7.32. The molecule has 3 atom stereocenters. The van der Waals surface area contributed by atoms with Gasteiger partial charge in [0.1, 0.15) is 0 Å². The molecule has 82 valence electrons. The lowest BCUT2D eigenvalue weighted by Crippen LogP contribution is -2.05. The van der Waals surface area contributed by atoms with E-state index in [1.165, 1.54) is 32.1 Å². The van der Waals surface area contributed by atoms with Crippen LogP contribution in [0, 0.1) is 17.8 Å². The Kier molecular flexibility index (Phi) is 4.43. The van der Waals surface area contributed by atoms with Gasteiger partial charge < -0.3 is 5.11 Å². The first-order valence-electron chi connectivity index (χ1n) is 5.89. The molecule has 1 N–H and O–H groups in total. The highest BCUT2D eigenvalue weighted by Gasteiger charge is 2.45. The molecule has 0 aromatic rings. The zero-order chi connectivity index (χ0) is 10.6. The van der Waals surface area contributed by atoms with Crippen LogP contribution in [0.4, 0.5) is 0 Å². The van der Waals surface area contributed by atoms with Crippen LogP contribution in [-0.4, -0.2) is 11.1 Å². The Labute approximate surface area is 86.7 Å². The second kappa shape index (κ2) is 5.38. The molecule has 0 aromatic heterocycles. The van der Waals surface area contributed by atoms with Crippen LogP contribution in [0.5, 0.6) is 0 Å². The summed E-state index contributed by atoms with van der Waals surface area (Å²) in [5, 5.41) is 8.78. The number of carboxylic acid groups (broad SMARTS) is 1. The smallest absolute Gasteiger partial charge is 0.306 e. The van der Waals surface area contributed by atoms with Gasteiger partial charge in [0.2, 0.25) is 0 Å². The zero-order valence-corrected chi connectivity index (χ0v) is 9.33. The van der Waals surface area contributed by atoms with Gasteiger partial charge in [-0.05, 0) is 18.3 Å². The van der Waals surface area contributed by atoms with Gasteiger partial charge in [-0.25, -0.2) is 0 Å². The Morgan fingerprint density at radius 1 is 1.43 bits per heavy atom. The minimum atomic E-state index is -0.588. The van der Waals surface area contributed by atoms with Gasteiger partial charge in [0.05, 0.1) is 5.92 Å². The lowest BCUT2D eigenvalue weighted by molar-refractivity contribution is -0.139. The standard InChI is InChI=1S/C12H22O2/c1-3-4-5-6-7-9(2)10-8-11(10)12(13)14/h9-11H,3-8H2,1-2H3,(H,13,14). The molecular weight excluding hydrogens is 176 g/mol. The topological polar surface area (TPSA) is 37.3 Å². The average Bonchev–Trinajstić information content (AvgIpc) is 2.91. The number of unbranched alkanes of at least 4 members (excludes halogenated alkanes) is 3. The van der Waals surface area contributed by atoms with Crippen molar-refractivity contribution >= 4 is 5.97 Å². The maximum absolute atomic E-state index is 10.7. The molecule has 0 aromatic carbocycles. The molecule has 3 unspecified atom stereocenters. The summed E-state index contributed by atoms with van der Waals surface area (Å²) in [5.41, 5.74) is 0. The quantitative estimate of drug-likeness (QED) is 0.637. The number of aliphatic carboxylic acids is 1. The van der Waals surface area contributed by atoms with Crippen LogP contribution in [0.3, 0.4) is 0 Å². The van der Waals surface area contributed by atoms with Crippen molar-refractivity contribution in [2.75, 3.05) is 0 Å². The third-order valence-electron chi connectivity index (χ3n) is 3.40. The van der Waals surface area contributed by atoms with E-state index in [1.54, 1.807) is 0 Å². The summed E-state index contributed by atoms with van der Waals surface area (Å²) in [6.45, 7) is 4.42. The van der Waals surface area contributed by atoms with E-state index in [0.29, 0.717) is 11.8 Å². The van der Waals surface area contributed by atoms with Crippen LogP contribution in [0.25, 0.3) is 0 Å². The highest BCUT2D eigenvalue weighted by Crippen LogP contribution is 2.45. The Balaban J connectivity index is 2.06. The fourth-order valence-corrected chi connectivity index (χ4v) is 2.23. The van der Waals surface area contributed by atoms with Crippen LogP contribution < -0.4 is 0 Å². The molecular formula is C12H22O2. The number of carbonyl (C=O) groups is 1. The molecule has 0 amide bonds. The Morgan fingerprint density at radius 3 is 2.64 bits per heavy atom. The van der Waals surface area contributed by atoms with Gasteiger partial charge >= 0.3 is 5.97 Å². The molecule has 1 aliphatic rings. The van der Waals surface area contributed by atoms with Crippen molar-refractivity contribution in [2.24, 2.45) is 17.8 Å². The normalized spacial score (nSPS) is 27.3. The van der Waals surface area contributed by atoms with Crippen LogP contribution in [0.2, 0.25) is 0 Å². The van der Waals surface area contributed by atoms with Crippen molar-refractivity contribution in [1.29, 1.82) is 0 Å². The summed E-state index contributed by atoms with van der Waals surface area (Å²) in [5.74, 6) is 0.494. The molecule has 0 aliphatic heterocycles. The number of hydrogen-bond donors (Lipinski definition) is 1. The van der Waals surface area contributed by atoms with Crippen LogP contribution in [-0.2, 0) is 4.79 Å². The molecule has 0 heterocycles. The molecule has 1 rings (SSSR count). The Morgan fingerprint density at radius 2 is 2.14 bits per heavy atom. The summed E-state index contributed by atoms with van der Waals surface area (Å²) in [7, 11) is 0. The van der Waals surface area contributed by atoms with Crippen molar-refractivity contribution in [2.45, 2.75) is 52.4 Å². The molecule has 1 saturated carbocycles. The summed E-state index contributed by atoms with van der Waals surface area (Å²) in [4.78, 5) is 10.7. The molecule has 2 heteroatoms. The van der Waals surface area contributed by atoms with Gasteiger partial charge in [0, 0.05) is 0 Å². The van der Waals surface area contributed by atoms with Gasteiger partial charge in [0.15, 0.2) is 0 Å². The van der Waals surface area contributed by atoms with E-state index in [-0.39, 0.29) is 5.92 Å². The third kappa shape index (κ3) is 3.32. The van der Waals surface area contributed by atoms with E-state index in [9.17, 15) is 4.79 Å². The monoisotopic (exact) mass is 198 g/mol. The lowest BCUT2D eigenvalue weighted by atomic mass is 9.97. The SMILES string of the molecule is CCCCCCC(C)C1CC1C(=O)O. The Bertz CT molecular complexity index is 189. The molecule has 0 bridgehead atoms. The largest absolute Gasteiger partial charge is 0.481 e. The third-order valence-corrected chi connectivity index (χ3v) is 3.40. The molecule has 1 fully saturated rings. The number of rotatable bonds is 7. The lowest BCUT2D eigenvalue weighted by Gasteiger charge is -2.09. The van der Waals surface area contributed by atoms with Gasteiger partial charge in [-0.2, -0.15) is 0 Å². The summed E-state index contributed by atoms with van der Waals surface area (Å²) in [6, 6.07) is 0. The minimum absolute atomic E-state index is 0.0174. The van der Waals surface area contributed by atoms with Crippen molar-refractivity contribution in [3.05, 3.63) is 0 Å². The molecule has 1 aliphatic carbocycles. The van der Waals surface area contributed by atoms with E-state index in [0.717, 1.165) is 6.42 Å². The molecule has 2 nitrogen and oxygen atoms in total. The van der Waals surface area contributed by atoms with Crippen molar-refractivity contribution in [3.8, 4) is 0 Å². The molecule has 0 saturated heterocycles. The van der Waals surface area contributed by atoms with Crippen molar-refractivity contribution in [3.63, 3.8) is 0 Å². The fraction of sp³-hybridized carbons (Fsp3) is 0.917. The van der Waals surface area contributed by atoms with Crippen LogP contribution in [0.15, 0.2) is 0 Å². The van der Waals surface area contributed by atoms with E-state index in [2.05, 4.69) is 13.8 Å². The van der Waals surface area contributed by atoms with E-state index in [1.807, 2.05) is 0 Å². The summed E-state index contributed by atoms with van der Waals surface area (Å²) < 4.78 is 0. The first kappa shape index (κ1) is 11.5. The molecule has 0 spiro atoms. The number of carboxylic acids is 1. The highest BCUT2D eigenvalue weighted by atomic mass is 16.4. The van der Waals surface area contributed by atoms with Gasteiger partial charge in [-0.1, -0.05) is 46.0 Å². The van der Waals surface area contributed by atoms with Crippen LogP contribution >= 0.6 is 0 Å². The first-order valence-corrected chi connectivity index (χ1v) is 5.89. The second-order valence-corrected chi connectivity index (χ2v) is 4.67. The van der Waals surface area contributed by atoms with Crippen molar-refractivity contribution < 1.29 is 9.90 Å². The van der Waals surface area contributed by atoms with E-state index in [4.69, 9.17) is 5.11 Å². The molecule has 14 heavy (non-hydrogen) atoms.